The van der Waals surface area contributed by atoms with E-state index < -0.39 is 15.9 Å². The lowest BCUT2D eigenvalue weighted by molar-refractivity contribution is 0.102. The van der Waals surface area contributed by atoms with Crippen LogP contribution in [0.15, 0.2) is 83.8 Å². The summed E-state index contributed by atoms with van der Waals surface area (Å²) in [4.78, 5) is 12.5. The molecule has 0 spiro atoms. The first kappa shape index (κ1) is 18.9. The summed E-state index contributed by atoms with van der Waals surface area (Å²) in [5.74, 6) is -0.442. The Morgan fingerprint density at radius 3 is 2.30 bits per heavy atom. The molecule has 0 fully saturated rings. The number of nitrogens with one attached hydrogen (secondary N) is 1. The third-order valence-electron chi connectivity index (χ3n) is 4.00. The molecule has 0 unspecified atom stereocenters. The minimum atomic E-state index is -3.80. The highest BCUT2D eigenvalue weighted by molar-refractivity contribution is 7.92. The van der Waals surface area contributed by atoms with E-state index in [0.29, 0.717) is 16.4 Å². The van der Waals surface area contributed by atoms with Crippen LogP contribution in [0.3, 0.4) is 0 Å². The highest BCUT2D eigenvalue weighted by Gasteiger charge is 2.22. The first-order valence-corrected chi connectivity index (χ1v) is 9.91. The molecule has 0 heterocycles. The fraction of sp³-hybridized carbons (Fsp3) is 0.0500. The molecule has 3 aromatic rings. The molecule has 0 bridgehead atoms. The van der Waals surface area contributed by atoms with Gasteiger partial charge in [-0.1, -0.05) is 48.0 Å². The lowest BCUT2D eigenvalue weighted by Gasteiger charge is -2.19. The highest BCUT2D eigenvalue weighted by atomic mass is 35.5. The number of halogens is 1. The number of hydrogen-bond acceptors (Lipinski definition) is 3. The van der Waals surface area contributed by atoms with Crippen LogP contribution in [-0.4, -0.2) is 21.4 Å². The number of rotatable bonds is 5. The molecular formula is C20H17ClN2O3S. The van der Waals surface area contributed by atoms with Gasteiger partial charge < -0.3 is 5.32 Å². The number of hydrogen-bond donors (Lipinski definition) is 1. The number of benzene rings is 3. The number of nitrogens with zero attached hydrogens (tertiary/aromatic N) is 1. The van der Waals surface area contributed by atoms with E-state index >= 15 is 0 Å². The predicted molar refractivity (Wildman–Crippen MR) is 108 cm³/mol. The van der Waals surface area contributed by atoms with Crippen molar-refractivity contribution in [3.63, 3.8) is 0 Å². The fourth-order valence-electron chi connectivity index (χ4n) is 2.49. The minimum absolute atomic E-state index is 0.0284. The molecule has 138 valence electrons. The summed E-state index contributed by atoms with van der Waals surface area (Å²) in [6, 6.07) is 21.5. The number of sulfonamides is 1. The van der Waals surface area contributed by atoms with Gasteiger partial charge in [-0.15, -0.1) is 0 Å². The number of anilines is 2. The summed E-state index contributed by atoms with van der Waals surface area (Å²) in [6.07, 6.45) is 0. The number of carbonyl (C=O) groups is 1. The molecule has 1 amide bonds. The zero-order valence-corrected chi connectivity index (χ0v) is 16.0. The Hall–Kier alpha value is -2.83. The minimum Gasteiger partial charge on any atom is -0.321 e. The Labute approximate surface area is 163 Å². The van der Waals surface area contributed by atoms with Crippen LogP contribution in [-0.2, 0) is 10.0 Å². The van der Waals surface area contributed by atoms with Gasteiger partial charge in [0, 0.05) is 12.6 Å². The van der Waals surface area contributed by atoms with Crippen LogP contribution in [0.1, 0.15) is 10.4 Å². The van der Waals surface area contributed by atoms with E-state index in [1.54, 1.807) is 54.6 Å². The van der Waals surface area contributed by atoms with Crippen molar-refractivity contribution in [2.45, 2.75) is 4.90 Å². The average Bonchev–Trinajstić information content (AvgIpc) is 2.70. The highest BCUT2D eigenvalue weighted by Crippen LogP contribution is 2.24. The molecule has 0 atom stereocenters. The Morgan fingerprint density at radius 2 is 1.59 bits per heavy atom. The van der Waals surface area contributed by atoms with Crippen LogP contribution >= 0.6 is 11.6 Å². The van der Waals surface area contributed by atoms with E-state index in [2.05, 4.69) is 5.32 Å². The lowest BCUT2D eigenvalue weighted by Crippen LogP contribution is -2.26. The van der Waals surface area contributed by atoms with Crippen LogP contribution in [0.2, 0.25) is 5.02 Å². The van der Waals surface area contributed by atoms with Gasteiger partial charge in [0.15, 0.2) is 0 Å². The van der Waals surface area contributed by atoms with Gasteiger partial charge in [0.1, 0.15) is 0 Å². The molecule has 7 heteroatoms. The van der Waals surface area contributed by atoms with Gasteiger partial charge in [-0.25, -0.2) is 8.42 Å². The summed E-state index contributed by atoms with van der Waals surface area (Å²) < 4.78 is 27.0. The van der Waals surface area contributed by atoms with Crippen LogP contribution in [0.5, 0.6) is 0 Å². The van der Waals surface area contributed by atoms with Gasteiger partial charge in [0.2, 0.25) is 0 Å². The van der Waals surface area contributed by atoms with Gasteiger partial charge >= 0.3 is 0 Å². The van der Waals surface area contributed by atoms with E-state index in [-0.39, 0.29) is 10.5 Å². The first-order chi connectivity index (χ1) is 12.9. The molecule has 0 saturated heterocycles. The summed E-state index contributed by atoms with van der Waals surface area (Å²) in [5, 5.41) is 3.09. The lowest BCUT2D eigenvalue weighted by atomic mass is 10.2. The first-order valence-electron chi connectivity index (χ1n) is 8.09. The Balaban J connectivity index is 1.89. The quantitative estimate of drug-likeness (QED) is 0.689. The maximum absolute atomic E-state index is 12.9. The number of carbonyl (C=O) groups excluding carboxylic acids is 1. The van der Waals surface area contributed by atoms with Crippen molar-refractivity contribution in [3.05, 3.63) is 89.4 Å². The maximum atomic E-state index is 12.9. The number of para-hydroxylation sites is 2. The van der Waals surface area contributed by atoms with Gasteiger partial charge in [-0.3, -0.25) is 9.10 Å². The Bertz CT molecular complexity index is 1070. The molecule has 3 rings (SSSR count). The molecule has 0 aromatic heterocycles. The van der Waals surface area contributed by atoms with Gasteiger partial charge in [0.25, 0.3) is 15.9 Å². The predicted octanol–water partition coefficient (Wildman–Crippen LogP) is 4.42. The van der Waals surface area contributed by atoms with Crippen molar-refractivity contribution >= 4 is 38.9 Å². The summed E-state index contributed by atoms with van der Waals surface area (Å²) in [6.45, 7) is 0. The van der Waals surface area contributed by atoms with E-state index in [1.165, 1.54) is 29.6 Å². The monoisotopic (exact) mass is 400 g/mol. The van der Waals surface area contributed by atoms with Crippen molar-refractivity contribution in [2.24, 2.45) is 0 Å². The molecule has 0 radical (unpaired) electrons. The molecule has 0 aliphatic heterocycles. The van der Waals surface area contributed by atoms with Crippen LogP contribution in [0, 0.1) is 0 Å². The van der Waals surface area contributed by atoms with Gasteiger partial charge in [-0.05, 0) is 42.5 Å². The van der Waals surface area contributed by atoms with Crippen LogP contribution in [0.4, 0.5) is 11.4 Å². The van der Waals surface area contributed by atoms with Crippen LogP contribution < -0.4 is 9.62 Å². The third kappa shape index (κ3) is 4.13. The smallest absolute Gasteiger partial charge is 0.264 e. The molecule has 0 saturated carbocycles. The zero-order valence-electron chi connectivity index (χ0n) is 14.5. The van der Waals surface area contributed by atoms with Crippen molar-refractivity contribution in [2.75, 3.05) is 16.7 Å². The maximum Gasteiger partial charge on any atom is 0.264 e. The largest absolute Gasteiger partial charge is 0.321 e. The molecule has 0 aliphatic rings. The second kappa shape index (κ2) is 7.82. The molecule has 0 aliphatic carbocycles. The second-order valence-corrected chi connectivity index (χ2v) is 8.15. The van der Waals surface area contributed by atoms with Gasteiger partial charge in [0.05, 0.1) is 21.3 Å². The fourth-order valence-corrected chi connectivity index (χ4v) is 3.91. The van der Waals surface area contributed by atoms with E-state index in [0.717, 1.165) is 0 Å². The average molecular weight is 401 g/mol. The SMILES string of the molecule is CN(c1ccccc1)S(=O)(=O)c1cccc(C(=O)Nc2ccccc2Cl)c1. The van der Waals surface area contributed by atoms with E-state index in [4.69, 9.17) is 11.6 Å². The summed E-state index contributed by atoms with van der Waals surface area (Å²) in [5.41, 5.74) is 1.21. The van der Waals surface area contributed by atoms with Crippen molar-refractivity contribution in [1.29, 1.82) is 0 Å². The van der Waals surface area contributed by atoms with Crippen molar-refractivity contribution < 1.29 is 13.2 Å². The molecule has 27 heavy (non-hydrogen) atoms. The topological polar surface area (TPSA) is 66.5 Å². The number of amides is 1. The molecular weight excluding hydrogens is 384 g/mol. The van der Waals surface area contributed by atoms with E-state index in [1.807, 2.05) is 6.07 Å². The zero-order chi connectivity index (χ0) is 19.4. The summed E-state index contributed by atoms with van der Waals surface area (Å²) in [7, 11) is -2.33. The van der Waals surface area contributed by atoms with Crippen molar-refractivity contribution in [1.82, 2.24) is 0 Å². The molecule has 5 nitrogen and oxygen atoms in total. The Kier molecular flexibility index (Phi) is 5.48. The standard InChI is InChI=1S/C20H17ClN2O3S/c1-23(16-9-3-2-4-10-16)27(25,26)17-11-7-8-15(14-17)20(24)22-19-13-6-5-12-18(19)21/h2-14H,1H3,(H,22,24). The third-order valence-corrected chi connectivity index (χ3v) is 6.11. The second-order valence-electron chi connectivity index (χ2n) is 5.77. The Morgan fingerprint density at radius 1 is 0.926 bits per heavy atom. The summed E-state index contributed by atoms with van der Waals surface area (Å²) >= 11 is 6.05. The molecule has 3 aromatic carbocycles. The van der Waals surface area contributed by atoms with E-state index in [9.17, 15) is 13.2 Å². The van der Waals surface area contributed by atoms with Gasteiger partial charge in [-0.2, -0.15) is 0 Å². The normalized spacial score (nSPS) is 11.0. The molecule has 1 N–H and O–H groups in total. The van der Waals surface area contributed by atoms with Crippen molar-refractivity contribution in [3.8, 4) is 0 Å². The van der Waals surface area contributed by atoms with Crippen LogP contribution in [0.25, 0.3) is 0 Å².